The lowest BCUT2D eigenvalue weighted by Gasteiger charge is -2.29. The van der Waals surface area contributed by atoms with Crippen molar-refractivity contribution >= 4 is 0 Å². The molecule has 0 atom stereocenters. The largest absolute Gasteiger partial charge is 0.504 e. The quantitative estimate of drug-likeness (QED) is 0.800. The smallest absolute Gasteiger partial charge is 0.163 e. The molecule has 0 aromatic heterocycles. The van der Waals surface area contributed by atoms with Crippen molar-refractivity contribution in [3.63, 3.8) is 0 Å². The Kier molecular flexibility index (Phi) is 4.20. The van der Waals surface area contributed by atoms with Gasteiger partial charge in [-0.25, -0.2) is 0 Å². The molecule has 1 aromatic carbocycles. The second-order valence-corrected chi connectivity index (χ2v) is 7.08. The number of hydrogen-bond acceptors (Lipinski definition) is 3. The van der Waals surface area contributed by atoms with Gasteiger partial charge in [-0.1, -0.05) is 47.6 Å². The van der Waals surface area contributed by atoms with E-state index in [4.69, 9.17) is 4.74 Å². The van der Waals surface area contributed by atoms with Gasteiger partial charge in [0.1, 0.15) is 0 Å². The molecule has 0 aliphatic carbocycles. The zero-order valence-corrected chi connectivity index (χ0v) is 13.1. The molecular weight excluding hydrogens is 240 g/mol. The first-order valence-corrected chi connectivity index (χ1v) is 6.58. The van der Waals surface area contributed by atoms with Crippen molar-refractivity contribution in [2.75, 3.05) is 7.11 Å². The summed E-state index contributed by atoms with van der Waals surface area (Å²) in [6, 6.07) is 1.99. The number of benzene rings is 1. The van der Waals surface area contributed by atoms with Crippen LogP contribution in [0.4, 0.5) is 0 Å². The molecule has 1 aromatic rings. The molecule has 0 fully saturated rings. The van der Waals surface area contributed by atoms with Crippen LogP contribution in [0.15, 0.2) is 6.07 Å². The van der Waals surface area contributed by atoms with Crippen LogP contribution in [-0.4, -0.2) is 17.3 Å². The van der Waals surface area contributed by atoms with Crippen LogP contribution in [0.3, 0.4) is 0 Å². The third-order valence-electron chi connectivity index (χ3n) is 3.28. The van der Waals surface area contributed by atoms with Crippen molar-refractivity contribution in [3.05, 3.63) is 22.8 Å². The minimum absolute atomic E-state index is 0.0347. The molecule has 3 nitrogen and oxygen atoms in total. The van der Waals surface area contributed by atoms with Crippen molar-refractivity contribution in [1.82, 2.24) is 0 Å². The van der Waals surface area contributed by atoms with Crippen LogP contribution in [0.2, 0.25) is 0 Å². The highest BCUT2D eigenvalue weighted by molar-refractivity contribution is 5.57. The highest BCUT2D eigenvalue weighted by atomic mass is 16.5. The second-order valence-electron chi connectivity index (χ2n) is 7.08. The average molecular weight is 266 g/mol. The number of aromatic hydroxyl groups is 2. The number of rotatable bonds is 2. The van der Waals surface area contributed by atoms with Crippen LogP contribution in [0.25, 0.3) is 0 Å². The molecule has 0 radical (unpaired) electrons. The molecule has 1 rings (SSSR count). The standard InChI is InChI=1S/C16H26O3/c1-15(2,3)11-8-12(16(4,5)6)14(18)13(17)10(11)9-19-7/h8,17-18H,9H2,1-7H3. The number of phenolic OH excluding ortho intramolecular Hbond substituents is 2. The summed E-state index contributed by atoms with van der Waals surface area (Å²) in [4.78, 5) is 0. The van der Waals surface area contributed by atoms with Gasteiger partial charge in [-0.2, -0.15) is 0 Å². The summed E-state index contributed by atoms with van der Waals surface area (Å²) >= 11 is 0. The maximum absolute atomic E-state index is 10.3. The fourth-order valence-corrected chi connectivity index (χ4v) is 2.23. The molecule has 0 aliphatic heterocycles. The summed E-state index contributed by atoms with van der Waals surface area (Å²) in [6.07, 6.45) is 0. The van der Waals surface area contributed by atoms with Crippen LogP contribution in [0.5, 0.6) is 11.5 Å². The summed E-state index contributed by atoms with van der Waals surface area (Å²) in [5.74, 6) is -0.0910. The highest BCUT2D eigenvalue weighted by Gasteiger charge is 2.28. The predicted molar refractivity (Wildman–Crippen MR) is 77.9 cm³/mol. The first-order chi connectivity index (χ1) is 8.50. The molecule has 0 amide bonds. The van der Waals surface area contributed by atoms with E-state index in [-0.39, 0.29) is 28.9 Å². The van der Waals surface area contributed by atoms with E-state index in [1.165, 1.54) is 0 Å². The van der Waals surface area contributed by atoms with E-state index in [1.807, 2.05) is 26.8 Å². The Balaban J connectivity index is 3.64. The topological polar surface area (TPSA) is 49.7 Å². The van der Waals surface area contributed by atoms with E-state index in [9.17, 15) is 10.2 Å². The minimum atomic E-state index is -0.229. The fourth-order valence-electron chi connectivity index (χ4n) is 2.23. The van der Waals surface area contributed by atoms with Gasteiger partial charge >= 0.3 is 0 Å². The second kappa shape index (κ2) is 5.04. The van der Waals surface area contributed by atoms with E-state index in [2.05, 4.69) is 20.8 Å². The average Bonchev–Trinajstić information content (AvgIpc) is 2.21. The van der Waals surface area contributed by atoms with Crippen LogP contribution >= 0.6 is 0 Å². The Morgan fingerprint density at radius 2 is 1.37 bits per heavy atom. The third-order valence-corrected chi connectivity index (χ3v) is 3.28. The Morgan fingerprint density at radius 1 is 0.895 bits per heavy atom. The molecule has 0 bridgehead atoms. The minimum Gasteiger partial charge on any atom is -0.504 e. The third kappa shape index (κ3) is 3.21. The van der Waals surface area contributed by atoms with E-state index in [0.717, 1.165) is 11.1 Å². The molecule has 3 heteroatoms. The molecule has 0 unspecified atom stereocenters. The summed E-state index contributed by atoms with van der Waals surface area (Å²) in [5, 5.41) is 20.5. The van der Waals surface area contributed by atoms with Crippen molar-refractivity contribution in [1.29, 1.82) is 0 Å². The SMILES string of the molecule is COCc1c(C(C)(C)C)cc(C(C)(C)C)c(O)c1O. The monoisotopic (exact) mass is 266 g/mol. The molecule has 0 heterocycles. The van der Waals surface area contributed by atoms with Crippen LogP contribution in [-0.2, 0) is 22.2 Å². The first-order valence-electron chi connectivity index (χ1n) is 6.58. The number of phenols is 2. The highest BCUT2D eigenvalue weighted by Crippen LogP contribution is 2.44. The summed E-state index contributed by atoms with van der Waals surface area (Å²) in [7, 11) is 1.58. The molecule has 108 valence electrons. The number of methoxy groups -OCH3 is 1. The Labute approximate surface area is 116 Å². The van der Waals surface area contributed by atoms with Gasteiger partial charge in [0.15, 0.2) is 11.5 Å². The van der Waals surface area contributed by atoms with Crippen LogP contribution < -0.4 is 0 Å². The van der Waals surface area contributed by atoms with E-state index >= 15 is 0 Å². The Morgan fingerprint density at radius 3 is 1.74 bits per heavy atom. The summed E-state index contributed by atoms with van der Waals surface area (Å²) < 4.78 is 5.15. The van der Waals surface area contributed by atoms with Gasteiger partial charge in [0.2, 0.25) is 0 Å². The summed E-state index contributed by atoms with van der Waals surface area (Å²) in [6.45, 7) is 12.6. The first kappa shape index (κ1) is 15.8. The lowest BCUT2D eigenvalue weighted by molar-refractivity contribution is 0.179. The zero-order chi connectivity index (χ0) is 15.0. The summed E-state index contributed by atoms with van der Waals surface area (Å²) in [5.41, 5.74) is 2.08. The van der Waals surface area contributed by atoms with Gasteiger partial charge in [-0.3, -0.25) is 0 Å². The van der Waals surface area contributed by atoms with Gasteiger partial charge in [0.25, 0.3) is 0 Å². The van der Waals surface area contributed by atoms with Gasteiger partial charge in [-0.05, 0) is 16.4 Å². The Bertz CT molecular complexity index is 462. The van der Waals surface area contributed by atoms with Crippen LogP contribution in [0, 0.1) is 0 Å². The predicted octanol–water partition coefficient (Wildman–Crippen LogP) is 3.84. The lowest BCUT2D eigenvalue weighted by atomic mass is 9.77. The van der Waals surface area contributed by atoms with Gasteiger partial charge in [-0.15, -0.1) is 0 Å². The van der Waals surface area contributed by atoms with E-state index < -0.39 is 0 Å². The maximum Gasteiger partial charge on any atom is 0.163 e. The molecule has 0 saturated heterocycles. The molecular formula is C16H26O3. The Hall–Kier alpha value is -1.22. The molecule has 2 N–H and O–H groups in total. The molecule has 0 spiro atoms. The molecule has 19 heavy (non-hydrogen) atoms. The lowest BCUT2D eigenvalue weighted by Crippen LogP contribution is -2.19. The van der Waals surface area contributed by atoms with Crippen molar-refractivity contribution in [2.24, 2.45) is 0 Å². The van der Waals surface area contributed by atoms with E-state index in [0.29, 0.717) is 5.56 Å². The fraction of sp³-hybridized carbons (Fsp3) is 0.625. The van der Waals surface area contributed by atoms with E-state index in [1.54, 1.807) is 7.11 Å². The van der Waals surface area contributed by atoms with Crippen LogP contribution in [0.1, 0.15) is 58.2 Å². The molecule has 0 saturated carbocycles. The van der Waals surface area contributed by atoms with Crippen molar-refractivity contribution < 1.29 is 14.9 Å². The van der Waals surface area contributed by atoms with Crippen molar-refractivity contribution in [2.45, 2.75) is 59.0 Å². The maximum atomic E-state index is 10.3. The van der Waals surface area contributed by atoms with Gasteiger partial charge in [0, 0.05) is 18.2 Å². The number of hydrogen-bond donors (Lipinski definition) is 2. The van der Waals surface area contributed by atoms with Gasteiger partial charge in [0.05, 0.1) is 6.61 Å². The normalized spacial score (nSPS) is 12.8. The molecule has 0 aliphatic rings. The van der Waals surface area contributed by atoms with Crippen molar-refractivity contribution in [3.8, 4) is 11.5 Å². The van der Waals surface area contributed by atoms with Gasteiger partial charge < -0.3 is 14.9 Å². The zero-order valence-electron chi connectivity index (χ0n) is 13.1. The number of ether oxygens (including phenoxy) is 1.